The molecule has 1 aliphatic carbocycles. The van der Waals surface area contributed by atoms with E-state index in [0.717, 1.165) is 6.42 Å². The molecule has 0 spiro atoms. The SMILES string of the molecule is COC(=O)C[C@@H]1[C@H]2O[C@H]2C[C@H]1O[Si](C)(C)C(C)(C)C. The summed E-state index contributed by atoms with van der Waals surface area (Å²) in [7, 11) is -0.353. The van der Waals surface area contributed by atoms with Crippen LogP contribution in [0.3, 0.4) is 0 Å². The number of carbonyl (C=O) groups is 1. The normalized spacial score (nSPS) is 34.0. The van der Waals surface area contributed by atoms with Gasteiger partial charge < -0.3 is 13.9 Å². The van der Waals surface area contributed by atoms with Crippen LogP contribution in [0.5, 0.6) is 0 Å². The van der Waals surface area contributed by atoms with Gasteiger partial charge in [-0.25, -0.2) is 0 Å². The number of esters is 1. The molecular weight excluding hydrogens is 260 g/mol. The van der Waals surface area contributed by atoms with Crippen LogP contribution in [0.1, 0.15) is 33.6 Å². The lowest BCUT2D eigenvalue weighted by Gasteiger charge is -2.40. The average molecular weight is 286 g/mol. The van der Waals surface area contributed by atoms with E-state index in [2.05, 4.69) is 33.9 Å². The zero-order valence-corrected chi connectivity index (χ0v) is 13.9. The van der Waals surface area contributed by atoms with Crippen molar-refractivity contribution in [3.05, 3.63) is 0 Å². The molecule has 0 bridgehead atoms. The minimum atomic E-state index is -1.79. The molecule has 5 heteroatoms. The maximum atomic E-state index is 11.5. The number of carbonyl (C=O) groups excluding carboxylic acids is 1. The fourth-order valence-electron chi connectivity index (χ4n) is 2.55. The van der Waals surface area contributed by atoms with Crippen molar-refractivity contribution in [2.24, 2.45) is 5.92 Å². The van der Waals surface area contributed by atoms with E-state index in [1.54, 1.807) is 0 Å². The highest BCUT2D eigenvalue weighted by atomic mass is 28.4. The Morgan fingerprint density at radius 2 is 2.00 bits per heavy atom. The van der Waals surface area contributed by atoms with Crippen LogP contribution >= 0.6 is 0 Å². The summed E-state index contributed by atoms with van der Waals surface area (Å²) in [6, 6.07) is 0. The van der Waals surface area contributed by atoms with Crippen molar-refractivity contribution in [2.75, 3.05) is 7.11 Å². The Bertz CT molecular complexity index is 361. The van der Waals surface area contributed by atoms with Gasteiger partial charge in [0.05, 0.1) is 31.8 Å². The highest BCUT2D eigenvalue weighted by molar-refractivity contribution is 6.74. The summed E-state index contributed by atoms with van der Waals surface area (Å²) in [5.74, 6) is 0.0107. The molecule has 19 heavy (non-hydrogen) atoms. The van der Waals surface area contributed by atoms with E-state index in [9.17, 15) is 4.79 Å². The van der Waals surface area contributed by atoms with Gasteiger partial charge in [-0.3, -0.25) is 4.79 Å². The van der Waals surface area contributed by atoms with Gasteiger partial charge in [0.15, 0.2) is 8.32 Å². The summed E-state index contributed by atoms with van der Waals surface area (Å²) in [5.41, 5.74) is 0. The van der Waals surface area contributed by atoms with Crippen molar-refractivity contribution in [3.63, 3.8) is 0 Å². The number of hydrogen-bond donors (Lipinski definition) is 0. The molecule has 0 aromatic heterocycles. The van der Waals surface area contributed by atoms with E-state index >= 15 is 0 Å². The van der Waals surface area contributed by atoms with E-state index < -0.39 is 8.32 Å². The quantitative estimate of drug-likeness (QED) is 0.453. The molecule has 0 unspecified atom stereocenters. The van der Waals surface area contributed by atoms with E-state index in [0.29, 0.717) is 12.5 Å². The van der Waals surface area contributed by atoms with Gasteiger partial charge >= 0.3 is 5.97 Å². The first-order valence-electron chi connectivity index (χ1n) is 7.06. The smallest absolute Gasteiger partial charge is 0.305 e. The van der Waals surface area contributed by atoms with Crippen LogP contribution in [0.25, 0.3) is 0 Å². The van der Waals surface area contributed by atoms with Crippen molar-refractivity contribution in [1.82, 2.24) is 0 Å². The van der Waals surface area contributed by atoms with Crippen LogP contribution in [0, 0.1) is 5.92 Å². The molecule has 110 valence electrons. The summed E-state index contributed by atoms with van der Waals surface area (Å²) >= 11 is 0. The molecule has 2 aliphatic rings. The van der Waals surface area contributed by atoms with E-state index in [4.69, 9.17) is 13.9 Å². The second-order valence-corrected chi connectivity index (χ2v) is 12.0. The second-order valence-electron chi connectivity index (χ2n) is 7.24. The third-order valence-corrected chi connectivity index (χ3v) is 9.37. The van der Waals surface area contributed by atoms with Gasteiger partial charge in [0, 0.05) is 12.3 Å². The van der Waals surface area contributed by atoms with E-state index in [1.165, 1.54) is 7.11 Å². The first-order chi connectivity index (χ1) is 8.65. The molecule has 0 aromatic carbocycles. The molecule has 2 rings (SSSR count). The molecule has 4 atom stereocenters. The van der Waals surface area contributed by atoms with Crippen LogP contribution < -0.4 is 0 Å². The predicted octanol–water partition coefficient (Wildman–Crippen LogP) is 2.73. The molecule has 0 N–H and O–H groups in total. The number of rotatable bonds is 4. The standard InChI is InChI=1S/C14H26O4Si/c1-14(2,3)19(5,6)18-10-8-11-13(17-11)9(10)7-12(15)16-4/h9-11,13H,7-8H2,1-6H3/t9-,10+,11-,13+/m0/s1. The topological polar surface area (TPSA) is 48.1 Å². The van der Waals surface area contributed by atoms with Crippen molar-refractivity contribution >= 4 is 14.3 Å². The number of ether oxygens (including phenoxy) is 2. The van der Waals surface area contributed by atoms with Gasteiger partial charge in [-0.2, -0.15) is 0 Å². The summed E-state index contributed by atoms with van der Waals surface area (Å²) < 4.78 is 16.8. The highest BCUT2D eigenvalue weighted by Crippen LogP contribution is 2.49. The predicted molar refractivity (Wildman–Crippen MR) is 75.5 cm³/mol. The van der Waals surface area contributed by atoms with Crippen molar-refractivity contribution in [1.29, 1.82) is 0 Å². The molecule has 1 aliphatic heterocycles. The second kappa shape index (κ2) is 4.86. The van der Waals surface area contributed by atoms with Crippen molar-refractivity contribution < 1.29 is 18.7 Å². The summed E-state index contributed by atoms with van der Waals surface area (Å²) in [5, 5.41) is 0.191. The number of epoxide rings is 1. The minimum absolute atomic E-state index is 0.156. The molecule has 1 heterocycles. The Hall–Kier alpha value is -0.393. The van der Waals surface area contributed by atoms with Crippen molar-refractivity contribution in [2.45, 2.75) is 70.1 Å². The number of hydrogen-bond acceptors (Lipinski definition) is 4. The first kappa shape index (κ1) is 15.0. The fourth-order valence-corrected chi connectivity index (χ4v) is 3.93. The largest absolute Gasteiger partial charge is 0.469 e. The Kier molecular flexibility index (Phi) is 3.84. The molecule has 0 aromatic rings. The lowest BCUT2D eigenvalue weighted by atomic mass is 10.0. The Morgan fingerprint density at radius 3 is 2.53 bits per heavy atom. The summed E-state index contributed by atoms with van der Waals surface area (Å²) in [4.78, 5) is 11.5. The number of fused-ring (bicyclic) bond motifs is 1. The molecule has 4 nitrogen and oxygen atoms in total. The van der Waals surface area contributed by atoms with E-state index in [1.807, 2.05) is 0 Å². The first-order valence-corrected chi connectivity index (χ1v) is 9.96. The Morgan fingerprint density at radius 1 is 1.37 bits per heavy atom. The van der Waals surface area contributed by atoms with Crippen LogP contribution in [-0.4, -0.2) is 39.7 Å². The third kappa shape index (κ3) is 3.03. The van der Waals surface area contributed by atoms with E-state index in [-0.39, 0.29) is 29.1 Å². The average Bonchev–Trinajstić information content (AvgIpc) is 2.95. The molecule has 0 amide bonds. The van der Waals surface area contributed by atoms with Crippen LogP contribution in [0.4, 0.5) is 0 Å². The maximum Gasteiger partial charge on any atom is 0.305 e. The van der Waals surface area contributed by atoms with Gasteiger partial charge in [0.2, 0.25) is 0 Å². The minimum Gasteiger partial charge on any atom is -0.469 e. The van der Waals surface area contributed by atoms with Crippen molar-refractivity contribution in [3.8, 4) is 0 Å². The van der Waals surface area contributed by atoms with Crippen LogP contribution in [0.15, 0.2) is 0 Å². The molecule has 2 fully saturated rings. The zero-order chi connectivity index (χ0) is 14.4. The zero-order valence-electron chi connectivity index (χ0n) is 12.9. The Labute approximate surface area is 116 Å². The third-order valence-electron chi connectivity index (χ3n) is 4.87. The fraction of sp³-hybridized carbons (Fsp3) is 0.929. The lowest BCUT2D eigenvalue weighted by molar-refractivity contribution is -0.142. The number of methoxy groups -OCH3 is 1. The lowest BCUT2D eigenvalue weighted by Crippen LogP contribution is -2.45. The Balaban J connectivity index is 2.01. The molecular formula is C14H26O4Si. The monoisotopic (exact) mass is 286 g/mol. The molecule has 1 saturated carbocycles. The van der Waals surface area contributed by atoms with Gasteiger partial charge in [-0.05, 0) is 18.1 Å². The summed E-state index contributed by atoms with van der Waals surface area (Å²) in [6.45, 7) is 11.2. The van der Waals surface area contributed by atoms with Gasteiger partial charge in [0.1, 0.15) is 0 Å². The van der Waals surface area contributed by atoms with Gasteiger partial charge in [0.25, 0.3) is 0 Å². The van der Waals surface area contributed by atoms with Crippen LogP contribution in [0.2, 0.25) is 18.1 Å². The molecule has 0 radical (unpaired) electrons. The highest BCUT2D eigenvalue weighted by Gasteiger charge is 2.58. The maximum absolute atomic E-state index is 11.5. The van der Waals surface area contributed by atoms with Crippen LogP contribution in [-0.2, 0) is 18.7 Å². The summed E-state index contributed by atoms with van der Waals surface area (Å²) in [6.07, 6.45) is 2.03. The molecule has 1 saturated heterocycles. The van der Waals surface area contributed by atoms with Gasteiger partial charge in [-0.1, -0.05) is 20.8 Å². The van der Waals surface area contributed by atoms with Gasteiger partial charge in [-0.15, -0.1) is 0 Å².